The lowest BCUT2D eigenvalue weighted by molar-refractivity contribution is -0.127. The average molecular weight is 315 g/mol. The summed E-state index contributed by atoms with van der Waals surface area (Å²) in [5.41, 5.74) is 3.38. The number of carbonyl (C=O) groups excluding carboxylic acids is 1. The number of aryl methyl sites for hydroxylation is 2. The maximum atomic E-state index is 12.9. The van der Waals surface area contributed by atoms with Gasteiger partial charge in [-0.25, -0.2) is 4.39 Å². The molecule has 2 aromatic rings. The van der Waals surface area contributed by atoms with E-state index < -0.39 is 6.10 Å². The highest BCUT2D eigenvalue weighted by Gasteiger charge is 2.18. The normalized spacial score (nSPS) is 13.3. The first-order valence-corrected chi connectivity index (χ1v) is 7.66. The van der Waals surface area contributed by atoms with Crippen LogP contribution >= 0.6 is 0 Å². The zero-order valence-electron chi connectivity index (χ0n) is 13.9. The molecule has 3 nitrogen and oxygen atoms in total. The van der Waals surface area contributed by atoms with E-state index in [4.69, 9.17) is 4.74 Å². The Morgan fingerprint density at radius 3 is 2.39 bits per heavy atom. The van der Waals surface area contributed by atoms with E-state index in [1.54, 1.807) is 6.92 Å². The Morgan fingerprint density at radius 1 is 1.09 bits per heavy atom. The zero-order valence-corrected chi connectivity index (χ0v) is 13.9. The smallest absolute Gasteiger partial charge is 0.261 e. The second kappa shape index (κ2) is 7.27. The highest BCUT2D eigenvalue weighted by molar-refractivity contribution is 5.81. The lowest BCUT2D eigenvalue weighted by Gasteiger charge is -2.20. The van der Waals surface area contributed by atoms with Crippen LogP contribution in [0, 0.1) is 19.7 Å². The third-order valence-electron chi connectivity index (χ3n) is 3.76. The van der Waals surface area contributed by atoms with Crippen LogP contribution < -0.4 is 10.1 Å². The molecule has 2 aromatic carbocycles. The minimum atomic E-state index is -0.659. The van der Waals surface area contributed by atoms with E-state index in [1.165, 1.54) is 24.3 Å². The Hall–Kier alpha value is -2.36. The van der Waals surface area contributed by atoms with Gasteiger partial charge >= 0.3 is 0 Å². The molecule has 0 saturated heterocycles. The standard InChI is InChI=1S/C19H22FNO2/c1-12-5-6-13(2)18(11-12)14(3)21-19(22)15(4)23-17-9-7-16(20)8-10-17/h5-11,14-15H,1-4H3,(H,21,22). The predicted molar refractivity (Wildman–Crippen MR) is 89.0 cm³/mol. The van der Waals surface area contributed by atoms with Gasteiger partial charge in [-0.05, 0) is 63.1 Å². The lowest BCUT2D eigenvalue weighted by atomic mass is 10.00. The summed E-state index contributed by atoms with van der Waals surface area (Å²) in [6, 6.07) is 11.7. The van der Waals surface area contributed by atoms with Gasteiger partial charge in [0.05, 0.1) is 6.04 Å². The van der Waals surface area contributed by atoms with Crippen LogP contribution in [-0.2, 0) is 4.79 Å². The van der Waals surface area contributed by atoms with Crippen molar-refractivity contribution < 1.29 is 13.9 Å². The Morgan fingerprint density at radius 2 is 1.74 bits per heavy atom. The monoisotopic (exact) mass is 315 g/mol. The molecular weight excluding hydrogens is 293 g/mol. The fraction of sp³-hybridized carbons (Fsp3) is 0.316. The highest BCUT2D eigenvalue weighted by atomic mass is 19.1. The molecule has 2 rings (SSSR count). The molecule has 0 aliphatic carbocycles. The second-order valence-electron chi connectivity index (χ2n) is 5.80. The van der Waals surface area contributed by atoms with Crippen LogP contribution in [0.25, 0.3) is 0 Å². The molecule has 1 N–H and O–H groups in total. The van der Waals surface area contributed by atoms with Gasteiger partial charge in [-0.2, -0.15) is 0 Å². The molecule has 0 aliphatic rings. The average Bonchev–Trinajstić information content (AvgIpc) is 2.51. The van der Waals surface area contributed by atoms with Crippen LogP contribution in [0.2, 0.25) is 0 Å². The maximum Gasteiger partial charge on any atom is 0.261 e. The van der Waals surface area contributed by atoms with Gasteiger partial charge in [0.25, 0.3) is 5.91 Å². The molecule has 0 fully saturated rings. The molecule has 23 heavy (non-hydrogen) atoms. The molecular formula is C19H22FNO2. The van der Waals surface area contributed by atoms with Crippen molar-refractivity contribution in [2.75, 3.05) is 0 Å². The quantitative estimate of drug-likeness (QED) is 0.902. The Kier molecular flexibility index (Phi) is 5.37. The zero-order chi connectivity index (χ0) is 17.0. The van der Waals surface area contributed by atoms with Gasteiger partial charge in [0, 0.05) is 0 Å². The molecule has 122 valence electrons. The predicted octanol–water partition coefficient (Wildman–Crippen LogP) is 4.09. The summed E-state index contributed by atoms with van der Waals surface area (Å²) in [4.78, 5) is 12.3. The van der Waals surface area contributed by atoms with Crippen molar-refractivity contribution in [1.82, 2.24) is 5.32 Å². The van der Waals surface area contributed by atoms with Gasteiger partial charge in [0.15, 0.2) is 6.10 Å². The molecule has 1 amide bonds. The van der Waals surface area contributed by atoms with Crippen LogP contribution in [0.5, 0.6) is 5.75 Å². The largest absolute Gasteiger partial charge is 0.481 e. The first-order valence-electron chi connectivity index (χ1n) is 7.66. The summed E-state index contributed by atoms with van der Waals surface area (Å²) in [5.74, 6) is -0.0748. The van der Waals surface area contributed by atoms with E-state index >= 15 is 0 Å². The Bertz CT molecular complexity index is 682. The van der Waals surface area contributed by atoms with Crippen molar-refractivity contribution >= 4 is 5.91 Å². The summed E-state index contributed by atoms with van der Waals surface area (Å²) >= 11 is 0. The second-order valence-corrected chi connectivity index (χ2v) is 5.80. The number of nitrogens with one attached hydrogen (secondary N) is 1. The minimum absolute atomic E-state index is 0.110. The van der Waals surface area contributed by atoms with Crippen LogP contribution in [0.1, 0.15) is 36.6 Å². The van der Waals surface area contributed by atoms with Gasteiger partial charge in [0.1, 0.15) is 11.6 Å². The third kappa shape index (κ3) is 4.55. The number of benzene rings is 2. The topological polar surface area (TPSA) is 38.3 Å². The van der Waals surface area contributed by atoms with Crippen LogP contribution in [0.15, 0.2) is 42.5 Å². The molecule has 2 atom stereocenters. The van der Waals surface area contributed by atoms with E-state index in [1.807, 2.05) is 32.9 Å². The van der Waals surface area contributed by atoms with E-state index in [0.717, 1.165) is 16.7 Å². The highest BCUT2D eigenvalue weighted by Crippen LogP contribution is 2.19. The Balaban J connectivity index is 2.00. The summed E-state index contributed by atoms with van der Waals surface area (Å²) < 4.78 is 18.4. The summed E-state index contributed by atoms with van der Waals surface area (Å²) in [6.45, 7) is 7.67. The molecule has 0 heterocycles. The maximum absolute atomic E-state index is 12.9. The Labute approximate surface area is 136 Å². The van der Waals surface area contributed by atoms with Gasteiger partial charge in [-0.1, -0.05) is 23.8 Å². The molecule has 0 spiro atoms. The van der Waals surface area contributed by atoms with Crippen LogP contribution in [-0.4, -0.2) is 12.0 Å². The van der Waals surface area contributed by atoms with Gasteiger partial charge in [-0.3, -0.25) is 4.79 Å². The van der Waals surface area contributed by atoms with E-state index in [9.17, 15) is 9.18 Å². The molecule has 0 saturated carbocycles. The number of amides is 1. The van der Waals surface area contributed by atoms with Crippen molar-refractivity contribution in [2.24, 2.45) is 0 Å². The number of rotatable bonds is 5. The fourth-order valence-electron chi connectivity index (χ4n) is 2.41. The molecule has 0 aromatic heterocycles. The fourth-order valence-corrected chi connectivity index (χ4v) is 2.41. The molecule has 0 bridgehead atoms. The number of carbonyl (C=O) groups is 1. The van der Waals surface area contributed by atoms with Gasteiger partial charge < -0.3 is 10.1 Å². The van der Waals surface area contributed by atoms with Crippen molar-refractivity contribution in [2.45, 2.75) is 39.8 Å². The van der Waals surface area contributed by atoms with Crippen molar-refractivity contribution in [3.63, 3.8) is 0 Å². The van der Waals surface area contributed by atoms with E-state index in [-0.39, 0.29) is 17.8 Å². The molecule has 2 unspecified atom stereocenters. The number of hydrogen-bond donors (Lipinski definition) is 1. The van der Waals surface area contributed by atoms with Gasteiger partial charge in [0.2, 0.25) is 0 Å². The van der Waals surface area contributed by atoms with Crippen LogP contribution in [0.4, 0.5) is 4.39 Å². The first kappa shape index (κ1) is 17.0. The summed E-state index contributed by atoms with van der Waals surface area (Å²) in [6.07, 6.45) is -0.659. The van der Waals surface area contributed by atoms with Crippen molar-refractivity contribution in [3.05, 3.63) is 65.0 Å². The third-order valence-corrected chi connectivity index (χ3v) is 3.76. The number of hydrogen-bond acceptors (Lipinski definition) is 2. The SMILES string of the molecule is Cc1ccc(C)c(C(C)NC(=O)C(C)Oc2ccc(F)cc2)c1. The molecule has 0 radical (unpaired) electrons. The van der Waals surface area contributed by atoms with Crippen molar-refractivity contribution in [1.29, 1.82) is 0 Å². The molecule has 4 heteroatoms. The molecule has 0 aliphatic heterocycles. The number of halogens is 1. The summed E-state index contributed by atoms with van der Waals surface area (Å²) in [5, 5.41) is 2.96. The minimum Gasteiger partial charge on any atom is -0.481 e. The van der Waals surface area contributed by atoms with Gasteiger partial charge in [-0.15, -0.1) is 0 Å². The van der Waals surface area contributed by atoms with Crippen molar-refractivity contribution in [3.8, 4) is 5.75 Å². The lowest BCUT2D eigenvalue weighted by Crippen LogP contribution is -2.38. The summed E-state index contributed by atoms with van der Waals surface area (Å²) in [7, 11) is 0. The van der Waals surface area contributed by atoms with E-state index in [0.29, 0.717) is 5.75 Å². The van der Waals surface area contributed by atoms with E-state index in [2.05, 4.69) is 11.4 Å². The number of ether oxygens (including phenoxy) is 1. The first-order chi connectivity index (χ1) is 10.9. The van der Waals surface area contributed by atoms with Crippen LogP contribution in [0.3, 0.4) is 0 Å².